The fourth-order valence-electron chi connectivity index (χ4n) is 8.49. The van der Waals surface area contributed by atoms with Crippen LogP contribution in [0.3, 0.4) is 0 Å². The Kier molecular flexibility index (Phi) is 47.5. The number of rotatable bonds is 49. The summed E-state index contributed by atoms with van der Waals surface area (Å²) in [5.74, 6) is -0.464. The zero-order valence-corrected chi connectivity index (χ0v) is 40.6. The van der Waals surface area contributed by atoms with Crippen LogP contribution in [0, 0.1) is 0 Å². The van der Waals surface area contributed by atoms with Crippen LogP contribution in [-0.2, 0) is 14.3 Å². The zero-order valence-electron chi connectivity index (χ0n) is 40.6. The number of aliphatic hydroxyl groups excluding tert-OH is 2. The van der Waals surface area contributed by atoms with Gasteiger partial charge < -0.3 is 20.3 Å². The van der Waals surface area contributed by atoms with E-state index in [-0.39, 0.29) is 24.9 Å². The molecule has 6 nitrogen and oxygen atoms in total. The standard InChI is InChI=1S/C54H105NO5/c1-4-7-10-13-16-19-22-24-25-26-27-28-30-32-35-38-41-44-47-54(59)60-50(45-42-39-36-33-31-29-23-20-17-14-11-8-5-2)48-53(58)55-51(49-56)52(57)46-43-40-37-34-21-18-15-12-9-6-3/h20,23,50-52,56-57H,4-19,21-22,24-49H2,1-3H3,(H,55,58)/b23-20-. The van der Waals surface area contributed by atoms with Crippen molar-refractivity contribution in [1.82, 2.24) is 5.32 Å². The van der Waals surface area contributed by atoms with E-state index in [0.717, 1.165) is 57.8 Å². The third kappa shape index (κ3) is 43.3. The van der Waals surface area contributed by atoms with Gasteiger partial charge in [0.2, 0.25) is 5.91 Å². The van der Waals surface area contributed by atoms with Gasteiger partial charge in [-0.3, -0.25) is 9.59 Å². The summed E-state index contributed by atoms with van der Waals surface area (Å²) in [6, 6.07) is -0.697. The highest BCUT2D eigenvalue weighted by molar-refractivity contribution is 5.77. The molecular weight excluding hydrogens is 743 g/mol. The Bertz CT molecular complexity index is 909. The maximum Gasteiger partial charge on any atom is 0.306 e. The van der Waals surface area contributed by atoms with E-state index in [1.54, 1.807) is 0 Å². The molecule has 1 amide bonds. The molecule has 0 heterocycles. The highest BCUT2D eigenvalue weighted by atomic mass is 16.5. The molecular formula is C54H105NO5. The lowest BCUT2D eigenvalue weighted by atomic mass is 10.0. The van der Waals surface area contributed by atoms with Gasteiger partial charge in [-0.05, 0) is 51.4 Å². The molecule has 0 aliphatic carbocycles. The Morgan fingerprint density at radius 2 is 0.800 bits per heavy atom. The molecule has 0 rings (SSSR count). The predicted octanol–water partition coefficient (Wildman–Crippen LogP) is 16.1. The molecule has 3 atom stereocenters. The first-order chi connectivity index (χ1) is 29.5. The van der Waals surface area contributed by atoms with Crippen LogP contribution in [0.4, 0.5) is 0 Å². The van der Waals surface area contributed by atoms with Gasteiger partial charge in [-0.25, -0.2) is 0 Å². The number of esters is 1. The van der Waals surface area contributed by atoms with Gasteiger partial charge >= 0.3 is 5.97 Å². The van der Waals surface area contributed by atoms with Crippen LogP contribution < -0.4 is 5.32 Å². The number of ether oxygens (including phenoxy) is 1. The summed E-state index contributed by atoms with van der Waals surface area (Å²) in [6.07, 6.45) is 54.2. The largest absolute Gasteiger partial charge is 0.462 e. The Morgan fingerprint density at radius 3 is 1.20 bits per heavy atom. The van der Waals surface area contributed by atoms with Crippen LogP contribution in [0.15, 0.2) is 12.2 Å². The van der Waals surface area contributed by atoms with Crippen LogP contribution >= 0.6 is 0 Å². The molecule has 0 aromatic rings. The van der Waals surface area contributed by atoms with Gasteiger partial charge in [0.25, 0.3) is 0 Å². The molecule has 356 valence electrons. The second kappa shape index (κ2) is 48.6. The van der Waals surface area contributed by atoms with Crippen molar-refractivity contribution < 1.29 is 24.5 Å². The van der Waals surface area contributed by atoms with Crippen molar-refractivity contribution in [3.8, 4) is 0 Å². The third-order valence-electron chi connectivity index (χ3n) is 12.6. The Balaban J connectivity index is 4.48. The van der Waals surface area contributed by atoms with E-state index >= 15 is 0 Å². The van der Waals surface area contributed by atoms with Gasteiger partial charge in [-0.15, -0.1) is 0 Å². The second-order valence-electron chi connectivity index (χ2n) is 18.6. The van der Waals surface area contributed by atoms with Crippen molar-refractivity contribution in [2.24, 2.45) is 0 Å². The summed E-state index contributed by atoms with van der Waals surface area (Å²) in [5, 5.41) is 23.7. The number of aliphatic hydroxyl groups is 2. The number of hydrogen-bond donors (Lipinski definition) is 3. The highest BCUT2D eigenvalue weighted by Crippen LogP contribution is 2.18. The van der Waals surface area contributed by atoms with Gasteiger partial charge in [0.1, 0.15) is 6.10 Å². The van der Waals surface area contributed by atoms with Crippen LogP contribution in [0.2, 0.25) is 0 Å². The van der Waals surface area contributed by atoms with E-state index in [4.69, 9.17) is 4.74 Å². The van der Waals surface area contributed by atoms with E-state index in [1.165, 1.54) is 193 Å². The minimum Gasteiger partial charge on any atom is -0.462 e. The summed E-state index contributed by atoms with van der Waals surface area (Å²) < 4.78 is 5.94. The lowest BCUT2D eigenvalue weighted by Gasteiger charge is -2.24. The van der Waals surface area contributed by atoms with Crippen molar-refractivity contribution >= 4 is 11.9 Å². The number of unbranched alkanes of at least 4 members (excludes halogenated alkanes) is 35. The summed E-state index contributed by atoms with van der Waals surface area (Å²) in [7, 11) is 0. The smallest absolute Gasteiger partial charge is 0.306 e. The molecule has 3 N–H and O–H groups in total. The van der Waals surface area contributed by atoms with Crippen LogP contribution in [0.25, 0.3) is 0 Å². The molecule has 0 aliphatic heterocycles. The predicted molar refractivity (Wildman–Crippen MR) is 260 cm³/mol. The average Bonchev–Trinajstić information content (AvgIpc) is 3.24. The van der Waals surface area contributed by atoms with Gasteiger partial charge in [0.15, 0.2) is 0 Å². The minimum atomic E-state index is -0.783. The van der Waals surface area contributed by atoms with Crippen molar-refractivity contribution in [2.75, 3.05) is 6.61 Å². The molecule has 0 saturated carbocycles. The fourth-order valence-corrected chi connectivity index (χ4v) is 8.49. The van der Waals surface area contributed by atoms with E-state index < -0.39 is 18.2 Å². The van der Waals surface area contributed by atoms with Crippen LogP contribution in [0.1, 0.15) is 297 Å². The number of carbonyl (C=O) groups is 2. The normalized spacial score (nSPS) is 13.2. The van der Waals surface area contributed by atoms with Gasteiger partial charge in [-0.1, -0.05) is 245 Å². The molecule has 0 radical (unpaired) electrons. The number of carbonyl (C=O) groups excluding carboxylic acids is 2. The minimum absolute atomic E-state index is 0.0788. The summed E-state index contributed by atoms with van der Waals surface area (Å²) in [4.78, 5) is 26.1. The quantitative estimate of drug-likeness (QED) is 0.0322. The molecule has 0 fully saturated rings. The van der Waals surface area contributed by atoms with Gasteiger partial charge in [-0.2, -0.15) is 0 Å². The van der Waals surface area contributed by atoms with E-state index in [1.807, 2.05) is 0 Å². The van der Waals surface area contributed by atoms with Crippen LogP contribution in [-0.4, -0.2) is 46.9 Å². The van der Waals surface area contributed by atoms with E-state index in [9.17, 15) is 19.8 Å². The second-order valence-corrected chi connectivity index (χ2v) is 18.6. The van der Waals surface area contributed by atoms with Gasteiger partial charge in [0.05, 0.1) is 25.2 Å². The monoisotopic (exact) mass is 848 g/mol. The maximum atomic E-state index is 13.2. The van der Waals surface area contributed by atoms with Crippen molar-refractivity contribution in [3.05, 3.63) is 12.2 Å². The molecule has 0 aromatic heterocycles. The first-order valence-corrected chi connectivity index (χ1v) is 26.9. The molecule has 6 heteroatoms. The highest BCUT2D eigenvalue weighted by Gasteiger charge is 2.24. The molecule has 0 spiro atoms. The molecule has 0 bridgehead atoms. The van der Waals surface area contributed by atoms with Crippen molar-refractivity contribution in [2.45, 2.75) is 315 Å². The lowest BCUT2D eigenvalue weighted by molar-refractivity contribution is -0.151. The fraction of sp³-hybridized carbons (Fsp3) is 0.926. The summed E-state index contributed by atoms with van der Waals surface area (Å²) in [5.41, 5.74) is 0. The molecule has 0 aromatic carbocycles. The summed E-state index contributed by atoms with van der Waals surface area (Å²) >= 11 is 0. The van der Waals surface area contributed by atoms with Gasteiger partial charge in [0, 0.05) is 6.42 Å². The van der Waals surface area contributed by atoms with Crippen LogP contribution in [0.5, 0.6) is 0 Å². The van der Waals surface area contributed by atoms with E-state index in [0.29, 0.717) is 19.3 Å². The third-order valence-corrected chi connectivity index (χ3v) is 12.6. The lowest BCUT2D eigenvalue weighted by Crippen LogP contribution is -2.46. The average molecular weight is 848 g/mol. The summed E-state index contributed by atoms with van der Waals surface area (Å²) in [6.45, 7) is 6.48. The Hall–Kier alpha value is -1.40. The Morgan fingerprint density at radius 1 is 0.467 bits per heavy atom. The van der Waals surface area contributed by atoms with Crippen molar-refractivity contribution in [1.29, 1.82) is 0 Å². The molecule has 0 saturated heterocycles. The molecule has 60 heavy (non-hydrogen) atoms. The SMILES string of the molecule is CCCCCC/C=C\CCCCCCCC(CC(=O)NC(CO)C(O)CCCCCCCCCCCC)OC(=O)CCCCCCCCCCCCCCCCCCCC. The zero-order chi connectivity index (χ0) is 43.8. The first-order valence-electron chi connectivity index (χ1n) is 26.9. The number of amides is 1. The molecule has 3 unspecified atom stereocenters. The first kappa shape index (κ1) is 58.6. The van der Waals surface area contributed by atoms with E-state index in [2.05, 4.69) is 38.2 Å². The topological polar surface area (TPSA) is 95.9 Å². The maximum absolute atomic E-state index is 13.2. The molecule has 0 aliphatic rings. The Labute approximate surface area is 374 Å². The number of hydrogen-bond acceptors (Lipinski definition) is 5. The number of nitrogens with one attached hydrogen (secondary N) is 1. The number of allylic oxidation sites excluding steroid dienone is 2. The van der Waals surface area contributed by atoms with Crippen molar-refractivity contribution in [3.63, 3.8) is 0 Å².